The lowest BCUT2D eigenvalue weighted by Gasteiger charge is -2.13. The molecule has 2 aromatic carbocycles. The van der Waals surface area contributed by atoms with E-state index in [0.29, 0.717) is 39.2 Å². The van der Waals surface area contributed by atoms with Crippen LogP contribution in [0.15, 0.2) is 70.3 Å². The third-order valence-electron chi connectivity index (χ3n) is 4.92. The number of ether oxygens (including phenoxy) is 3. The van der Waals surface area contributed by atoms with Crippen LogP contribution in [0.1, 0.15) is 35.3 Å². The van der Waals surface area contributed by atoms with Crippen LogP contribution in [-0.4, -0.2) is 41.8 Å². The number of aryl methyl sites for hydroxylation is 1. The van der Waals surface area contributed by atoms with Gasteiger partial charge in [-0.1, -0.05) is 54.2 Å². The first kappa shape index (κ1) is 27.1. The van der Waals surface area contributed by atoms with Crippen molar-refractivity contribution in [1.82, 2.24) is 0 Å². The average molecular weight is 528 g/mol. The highest BCUT2D eigenvalue weighted by Crippen LogP contribution is 2.42. The molecule has 3 rings (SSSR count). The SMILES string of the molecule is C=CCOc1c(Cl)cc(/C=C2\SC(=NC(=O)c3ccccc3C)C(C(=O)OCC)=C2O)cc1OCC. The Morgan fingerprint density at radius 2 is 1.92 bits per heavy atom. The molecule has 36 heavy (non-hydrogen) atoms. The minimum atomic E-state index is -0.775. The Morgan fingerprint density at radius 1 is 1.17 bits per heavy atom. The highest BCUT2D eigenvalue weighted by molar-refractivity contribution is 8.18. The molecule has 0 atom stereocenters. The van der Waals surface area contributed by atoms with E-state index < -0.39 is 11.9 Å². The maximum atomic E-state index is 12.9. The van der Waals surface area contributed by atoms with Crippen LogP contribution in [0.3, 0.4) is 0 Å². The van der Waals surface area contributed by atoms with Crippen LogP contribution in [-0.2, 0) is 9.53 Å². The predicted octanol–water partition coefficient (Wildman–Crippen LogP) is 6.31. The number of halogens is 1. The first-order chi connectivity index (χ1) is 17.3. The summed E-state index contributed by atoms with van der Waals surface area (Å²) in [6, 6.07) is 10.3. The molecular weight excluding hydrogens is 502 g/mol. The number of esters is 1. The van der Waals surface area contributed by atoms with E-state index in [1.807, 2.05) is 13.0 Å². The molecule has 9 heteroatoms. The van der Waals surface area contributed by atoms with E-state index in [1.54, 1.807) is 56.3 Å². The molecule has 1 aliphatic heterocycles. The van der Waals surface area contributed by atoms with Gasteiger partial charge < -0.3 is 19.3 Å². The van der Waals surface area contributed by atoms with Crippen molar-refractivity contribution in [1.29, 1.82) is 0 Å². The first-order valence-electron chi connectivity index (χ1n) is 11.2. The number of thioether (sulfide) groups is 1. The Morgan fingerprint density at radius 3 is 2.58 bits per heavy atom. The van der Waals surface area contributed by atoms with E-state index in [9.17, 15) is 14.7 Å². The van der Waals surface area contributed by atoms with Crippen molar-refractivity contribution in [2.45, 2.75) is 20.8 Å². The molecule has 1 heterocycles. The summed E-state index contributed by atoms with van der Waals surface area (Å²) in [6.07, 6.45) is 3.21. The Hall–Kier alpha value is -3.49. The van der Waals surface area contributed by atoms with Gasteiger partial charge in [-0.2, -0.15) is 0 Å². The van der Waals surface area contributed by atoms with E-state index in [4.69, 9.17) is 25.8 Å². The molecule has 0 radical (unpaired) electrons. The van der Waals surface area contributed by atoms with Gasteiger partial charge in [-0.15, -0.1) is 0 Å². The van der Waals surface area contributed by atoms with Crippen LogP contribution in [0.5, 0.6) is 11.5 Å². The number of amides is 1. The first-order valence-corrected chi connectivity index (χ1v) is 12.4. The van der Waals surface area contributed by atoms with E-state index in [1.165, 1.54) is 0 Å². The molecule has 0 saturated carbocycles. The summed E-state index contributed by atoms with van der Waals surface area (Å²) in [5, 5.41) is 11.3. The van der Waals surface area contributed by atoms with Crippen molar-refractivity contribution < 1.29 is 28.9 Å². The molecule has 0 fully saturated rings. The molecule has 1 N–H and O–H groups in total. The molecule has 0 aliphatic carbocycles. The highest BCUT2D eigenvalue weighted by Gasteiger charge is 2.34. The van der Waals surface area contributed by atoms with Gasteiger partial charge in [0.25, 0.3) is 5.91 Å². The minimum Gasteiger partial charge on any atom is -0.506 e. The smallest absolute Gasteiger partial charge is 0.344 e. The number of nitrogens with zero attached hydrogens (tertiary/aromatic N) is 1. The summed E-state index contributed by atoms with van der Waals surface area (Å²) < 4.78 is 16.4. The molecule has 0 saturated heterocycles. The molecule has 1 aliphatic rings. The summed E-state index contributed by atoms with van der Waals surface area (Å²) >= 11 is 7.42. The lowest BCUT2D eigenvalue weighted by molar-refractivity contribution is -0.138. The zero-order valence-corrected chi connectivity index (χ0v) is 21.7. The van der Waals surface area contributed by atoms with Crippen molar-refractivity contribution >= 4 is 46.4 Å². The average Bonchev–Trinajstić information content (AvgIpc) is 3.13. The van der Waals surface area contributed by atoms with Crippen LogP contribution in [0, 0.1) is 6.92 Å². The fourth-order valence-electron chi connectivity index (χ4n) is 3.33. The van der Waals surface area contributed by atoms with Gasteiger partial charge in [0.1, 0.15) is 23.0 Å². The number of rotatable bonds is 9. The number of aliphatic imine (C=N–C) groups is 1. The van der Waals surface area contributed by atoms with Gasteiger partial charge in [-0.05, 0) is 56.2 Å². The third-order valence-corrected chi connectivity index (χ3v) is 6.22. The van der Waals surface area contributed by atoms with Crippen LogP contribution in [0.25, 0.3) is 6.08 Å². The molecule has 7 nitrogen and oxygen atoms in total. The van der Waals surface area contributed by atoms with Gasteiger partial charge in [0, 0.05) is 5.56 Å². The summed E-state index contributed by atoms with van der Waals surface area (Å²) in [7, 11) is 0. The molecule has 188 valence electrons. The summed E-state index contributed by atoms with van der Waals surface area (Å²) in [5.41, 5.74) is 1.55. The number of hydrogen-bond donors (Lipinski definition) is 1. The van der Waals surface area contributed by atoms with Crippen LogP contribution in [0.4, 0.5) is 0 Å². The van der Waals surface area contributed by atoms with E-state index in [-0.39, 0.29) is 29.6 Å². The Bertz CT molecular complexity index is 1280. The zero-order valence-electron chi connectivity index (χ0n) is 20.2. The number of aliphatic hydroxyl groups is 1. The van der Waals surface area contributed by atoms with Gasteiger partial charge in [-0.25, -0.2) is 9.79 Å². The zero-order chi connectivity index (χ0) is 26.2. The maximum Gasteiger partial charge on any atom is 0.344 e. The Kier molecular flexibility index (Phi) is 9.38. The molecule has 0 spiro atoms. The van der Waals surface area contributed by atoms with Crippen molar-refractivity contribution in [3.63, 3.8) is 0 Å². The molecule has 0 aromatic heterocycles. The van der Waals surface area contributed by atoms with Crippen LogP contribution < -0.4 is 9.47 Å². The number of carbonyl (C=O) groups excluding carboxylic acids is 2. The monoisotopic (exact) mass is 527 g/mol. The third kappa shape index (κ3) is 6.19. The Labute approximate surface area is 219 Å². The number of carbonyl (C=O) groups is 2. The van der Waals surface area contributed by atoms with Crippen molar-refractivity contribution in [2.24, 2.45) is 4.99 Å². The van der Waals surface area contributed by atoms with E-state index >= 15 is 0 Å². The second kappa shape index (κ2) is 12.5. The number of benzene rings is 2. The number of aliphatic hydroxyl groups excluding tert-OH is 1. The summed E-state index contributed by atoms with van der Waals surface area (Å²) in [4.78, 5) is 30.0. The van der Waals surface area contributed by atoms with E-state index in [0.717, 1.165) is 17.3 Å². The quantitative estimate of drug-likeness (QED) is 0.301. The minimum absolute atomic E-state index is 0.0486. The molecule has 0 bridgehead atoms. The normalized spacial score (nSPS) is 15.3. The van der Waals surface area contributed by atoms with Crippen LogP contribution >= 0.6 is 23.4 Å². The van der Waals surface area contributed by atoms with Gasteiger partial charge in [0.2, 0.25) is 0 Å². The van der Waals surface area contributed by atoms with Crippen molar-refractivity contribution in [2.75, 3.05) is 19.8 Å². The summed E-state index contributed by atoms with van der Waals surface area (Å²) in [5.74, 6) is -0.853. The fraction of sp³-hybridized carbons (Fsp3) is 0.222. The molecule has 2 aromatic rings. The standard InChI is InChI=1S/C27H26ClNO6S/c1-5-12-35-24-19(28)13-17(14-20(24)33-6-2)15-21-23(30)22(27(32)34-7-3)26(36-21)29-25(31)18-11-9-8-10-16(18)4/h5,8-11,13-15,30H,1,6-7,12H2,2-4H3/b21-15-,29-26?. The Balaban J connectivity index is 2.05. The predicted molar refractivity (Wildman–Crippen MR) is 143 cm³/mol. The molecular formula is C27H26ClNO6S. The fourth-order valence-corrected chi connectivity index (χ4v) is 4.61. The van der Waals surface area contributed by atoms with E-state index in [2.05, 4.69) is 11.6 Å². The largest absolute Gasteiger partial charge is 0.506 e. The van der Waals surface area contributed by atoms with Crippen molar-refractivity contribution in [3.05, 3.63) is 87.0 Å². The number of hydrogen-bond acceptors (Lipinski definition) is 7. The molecule has 0 unspecified atom stereocenters. The van der Waals surface area contributed by atoms with Crippen LogP contribution in [0.2, 0.25) is 5.02 Å². The van der Waals surface area contributed by atoms with Gasteiger partial charge in [0.05, 0.1) is 23.1 Å². The lowest BCUT2D eigenvalue weighted by atomic mass is 10.1. The second-order valence-corrected chi connectivity index (χ2v) is 8.89. The van der Waals surface area contributed by atoms with Crippen molar-refractivity contribution in [3.8, 4) is 11.5 Å². The second-order valence-electron chi connectivity index (χ2n) is 7.45. The highest BCUT2D eigenvalue weighted by atomic mass is 35.5. The maximum absolute atomic E-state index is 12.9. The van der Waals surface area contributed by atoms with Gasteiger partial charge in [-0.3, -0.25) is 4.79 Å². The lowest BCUT2D eigenvalue weighted by Crippen LogP contribution is -2.14. The topological polar surface area (TPSA) is 94.4 Å². The molecule has 1 amide bonds. The van der Waals surface area contributed by atoms with Gasteiger partial charge >= 0.3 is 5.97 Å². The van der Waals surface area contributed by atoms with Gasteiger partial charge in [0.15, 0.2) is 11.5 Å². The summed E-state index contributed by atoms with van der Waals surface area (Å²) in [6.45, 7) is 9.63.